The zero-order valence-electron chi connectivity index (χ0n) is 16.2. The van der Waals surface area contributed by atoms with E-state index >= 15 is 0 Å². The molecule has 0 unspecified atom stereocenters. The van der Waals surface area contributed by atoms with Crippen molar-refractivity contribution in [3.05, 3.63) is 64.6 Å². The molecule has 3 aromatic rings. The highest BCUT2D eigenvalue weighted by atomic mass is 16.6. The summed E-state index contributed by atoms with van der Waals surface area (Å²) in [5, 5.41) is 7.00. The Hall–Kier alpha value is -3.62. The first-order valence-electron chi connectivity index (χ1n) is 9.23. The number of rotatable bonds is 5. The summed E-state index contributed by atoms with van der Waals surface area (Å²) >= 11 is 0. The number of ether oxygens (including phenoxy) is 2. The van der Waals surface area contributed by atoms with Crippen molar-refractivity contribution in [1.82, 2.24) is 19.3 Å². The van der Waals surface area contributed by atoms with Crippen LogP contribution in [0.25, 0.3) is 0 Å². The summed E-state index contributed by atoms with van der Waals surface area (Å²) in [5.41, 5.74) is 1.50. The quantitative estimate of drug-likeness (QED) is 0.703. The molecule has 0 saturated carbocycles. The smallest absolute Gasteiger partial charge is 0.256 e. The molecule has 4 rings (SSSR count). The third-order valence-corrected chi connectivity index (χ3v) is 4.70. The van der Waals surface area contributed by atoms with E-state index < -0.39 is 0 Å². The summed E-state index contributed by atoms with van der Waals surface area (Å²) in [6.07, 6.45) is 4.46. The van der Waals surface area contributed by atoms with Gasteiger partial charge in [0.1, 0.15) is 13.2 Å². The zero-order valence-corrected chi connectivity index (χ0v) is 16.2. The fourth-order valence-corrected chi connectivity index (χ4v) is 3.03. The van der Waals surface area contributed by atoms with E-state index in [0.717, 1.165) is 5.75 Å². The van der Waals surface area contributed by atoms with Crippen molar-refractivity contribution < 1.29 is 14.3 Å². The first-order valence-corrected chi connectivity index (χ1v) is 9.23. The maximum Gasteiger partial charge on any atom is 0.256 e. The number of aryl methyl sites for hydroxylation is 1. The van der Waals surface area contributed by atoms with Crippen LogP contribution in [0.3, 0.4) is 0 Å². The van der Waals surface area contributed by atoms with Gasteiger partial charge >= 0.3 is 0 Å². The van der Waals surface area contributed by atoms with E-state index in [4.69, 9.17) is 9.47 Å². The number of fused-ring (bicyclic) bond motifs is 1. The maximum atomic E-state index is 12.3. The van der Waals surface area contributed by atoms with Crippen LogP contribution in [0.5, 0.6) is 11.5 Å². The minimum Gasteiger partial charge on any atom is -0.486 e. The van der Waals surface area contributed by atoms with Gasteiger partial charge in [-0.2, -0.15) is 5.10 Å². The molecule has 1 amide bonds. The number of aromatic nitrogens is 4. The lowest BCUT2D eigenvalue weighted by Crippen LogP contribution is -2.33. The normalized spacial score (nSPS) is 15.2. The number of para-hydroxylation sites is 2. The van der Waals surface area contributed by atoms with Crippen molar-refractivity contribution >= 4 is 11.6 Å². The number of anilines is 1. The molecule has 1 aliphatic heterocycles. The molecule has 150 valence electrons. The Morgan fingerprint density at radius 3 is 2.90 bits per heavy atom. The lowest BCUT2D eigenvalue weighted by atomic mass is 10.2. The molecule has 0 aliphatic carbocycles. The molecule has 1 aliphatic rings. The second-order valence-corrected chi connectivity index (χ2v) is 6.88. The van der Waals surface area contributed by atoms with Gasteiger partial charge in [-0.3, -0.25) is 18.8 Å². The molecule has 0 saturated heterocycles. The zero-order chi connectivity index (χ0) is 20.4. The van der Waals surface area contributed by atoms with Gasteiger partial charge in [0.15, 0.2) is 17.6 Å². The Bertz CT molecular complexity index is 1100. The average molecular weight is 395 g/mol. The standard InChI is InChI=1S/C20H21N5O4/c1-13-14(2)21-12-24(20(13)27)10-19(26)23-15-7-22-25(8-15)9-16-11-28-17-5-3-4-6-18(17)29-16/h3-8,12,16H,9-11H2,1-2H3,(H,23,26)/t16-/m1/s1. The third-order valence-electron chi connectivity index (χ3n) is 4.70. The Balaban J connectivity index is 1.35. The van der Waals surface area contributed by atoms with Crippen LogP contribution >= 0.6 is 0 Å². The Labute approximate surface area is 166 Å². The highest BCUT2D eigenvalue weighted by Gasteiger charge is 2.21. The van der Waals surface area contributed by atoms with Crippen molar-refractivity contribution in [2.75, 3.05) is 11.9 Å². The highest BCUT2D eigenvalue weighted by Crippen LogP contribution is 2.31. The largest absolute Gasteiger partial charge is 0.486 e. The lowest BCUT2D eigenvalue weighted by Gasteiger charge is -2.26. The van der Waals surface area contributed by atoms with Crippen LogP contribution in [0.4, 0.5) is 5.69 Å². The van der Waals surface area contributed by atoms with Crippen LogP contribution in [-0.2, 0) is 17.9 Å². The topological polar surface area (TPSA) is 100 Å². The molecule has 0 bridgehead atoms. The summed E-state index contributed by atoms with van der Waals surface area (Å²) in [4.78, 5) is 28.6. The molecule has 1 aromatic carbocycles. The molecule has 0 radical (unpaired) electrons. The second kappa shape index (κ2) is 7.78. The van der Waals surface area contributed by atoms with Gasteiger partial charge in [0.25, 0.3) is 5.56 Å². The van der Waals surface area contributed by atoms with E-state index in [1.807, 2.05) is 24.3 Å². The SMILES string of the molecule is Cc1ncn(CC(=O)Nc2cnn(C[C@@H]3COc4ccccc4O3)c2)c(=O)c1C. The van der Waals surface area contributed by atoms with Crippen LogP contribution in [0, 0.1) is 13.8 Å². The average Bonchev–Trinajstić information content (AvgIpc) is 3.15. The Morgan fingerprint density at radius 2 is 2.07 bits per heavy atom. The fourth-order valence-electron chi connectivity index (χ4n) is 3.03. The van der Waals surface area contributed by atoms with Crippen molar-refractivity contribution in [2.45, 2.75) is 33.0 Å². The lowest BCUT2D eigenvalue weighted by molar-refractivity contribution is -0.116. The highest BCUT2D eigenvalue weighted by molar-refractivity contribution is 5.90. The van der Waals surface area contributed by atoms with E-state index in [-0.39, 0.29) is 24.1 Å². The van der Waals surface area contributed by atoms with Gasteiger partial charge in [0.05, 0.1) is 24.8 Å². The van der Waals surface area contributed by atoms with Crippen LogP contribution in [0.1, 0.15) is 11.3 Å². The number of carbonyl (C=O) groups is 1. The monoisotopic (exact) mass is 395 g/mol. The third kappa shape index (κ3) is 4.13. The van der Waals surface area contributed by atoms with E-state index in [0.29, 0.717) is 35.8 Å². The molecule has 3 heterocycles. The van der Waals surface area contributed by atoms with Gasteiger partial charge in [0, 0.05) is 17.5 Å². The first kappa shape index (κ1) is 18.7. The van der Waals surface area contributed by atoms with Crippen LogP contribution in [0.2, 0.25) is 0 Å². The van der Waals surface area contributed by atoms with E-state index in [9.17, 15) is 9.59 Å². The van der Waals surface area contributed by atoms with Gasteiger partial charge in [-0.25, -0.2) is 4.98 Å². The van der Waals surface area contributed by atoms with Gasteiger partial charge in [-0.15, -0.1) is 0 Å². The molecule has 0 spiro atoms. The van der Waals surface area contributed by atoms with Crippen LogP contribution < -0.4 is 20.3 Å². The van der Waals surface area contributed by atoms with Gasteiger partial charge in [-0.05, 0) is 26.0 Å². The van der Waals surface area contributed by atoms with Gasteiger partial charge < -0.3 is 14.8 Å². The van der Waals surface area contributed by atoms with Crippen molar-refractivity contribution in [3.63, 3.8) is 0 Å². The van der Waals surface area contributed by atoms with Crippen molar-refractivity contribution in [3.8, 4) is 11.5 Å². The molecule has 9 nitrogen and oxygen atoms in total. The van der Waals surface area contributed by atoms with E-state index in [1.165, 1.54) is 10.9 Å². The number of amides is 1. The predicted octanol–water partition coefficient (Wildman–Crippen LogP) is 1.54. The van der Waals surface area contributed by atoms with Gasteiger partial charge in [-0.1, -0.05) is 12.1 Å². The second-order valence-electron chi connectivity index (χ2n) is 6.88. The summed E-state index contributed by atoms with van der Waals surface area (Å²) in [6, 6.07) is 7.51. The molecule has 1 N–H and O–H groups in total. The predicted molar refractivity (Wildman–Crippen MR) is 105 cm³/mol. The summed E-state index contributed by atoms with van der Waals surface area (Å²) in [6.45, 7) is 4.23. The number of benzene rings is 1. The number of hydrogen-bond acceptors (Lipinski definition) is 6. The molecule has 1 atom stereocenters. The summed E-state index contributed by atoms with van der Waals surface area (Å²) < 4.78 is 14.6. The summed E-state index contributed by atoms with van der Waals surface area (Å²) in [5.74, 6) is 1.10. The number of nitrogens with zero attached hydrogens (tertiary/aromatic N) is 4. The Morgan fingerprint density at radius 1 is 1.28 bits per heavy atom. The minimum absolute atomic E-state index is 0.117. The number of nitrogens with one attached hydrogen (secondary N) is 1. The van der Waals surface area contributed by atoms with Crippen molar-refractivity contribution in [2.24, 2.45) is 0 Å². The van der Waals surface area contributed by atoms with Crippen molar-refractivity contribution in [1.29, 1.82) is 0 Å². The molecule has 29 heavy (non-hydrogen) atoms. The number of hydrogen-bond donors (Lipinski definition) is 1. The van der Waals surface area contributed by atoms with Crippen LogP contribution in [0.15, 0.2) is 47.8 Å². The van der Waals surface area contributed by atoms with Crippen LogP contribution in [-0.4, -0.2) is 37.9 Å². The summed E-state index contributed by atoms with van der Waals surface area (Å²) in [7, 11) is 0. The van der Waals surface area contributed by atoms with E-state index in [2.05, 4.69) is 15.4 Å². The first-order chi connectivity index (χ1) is 14.0. The van der Waals surface area contributed by atoms with E-state index in [1.54, 1.807) is 30.9 Å². The molecule has 0 fully saturated rings. The van der Waals surface area contributed by atoms with Gasteiger partial charge in [0.2, 0.25) is 5.91 Å². The maximum absolute atomic E-state index is 12.3. The minimum atomic E-state index is -0.331. The molecular formula is C20H21N5O4. The molecule has 9 heteroatoms. The Kier molecular flexibility index (Phi) is 5.03. The number of carbonyl (C=O) groups excluding carboxylic acids is 1. The molecule has 2 aromatic heterocycles. The molecular weight excluding hydrogens is 374 g/mol. The fraction of sp³-hybridized carbons (Fsp3) is 0.300.